The van der Waals surface area contributed by atoms with E-state index in [4.69, 9.17) is 14.2 Å². The van der Waals surface area contributed by atoms with E-state index in [0.717, 1.165) is 63.7 Å². The van der Waals surface area contributed by atoms with E-state index in [2.05, 4.69) is 27.7 Å². The van der Waals surface area contributed by atoms with Crippen molar-refractivity contribution in [2.24, 2.45) is 5.92 Å². The maximum atomic E-state index is 12.8. The van der Waals surface area contributed by atoms with E-state index >= 15 is 0 Å². The molecular weight excluding hydrogens is 781 g/mol. The molecule has 0 aromatic rings. The van der Waals surface area contributed by atoms with E-state index in [1.807, 2.05) is 0 Å². The van der Waals surface area contributed by atoms with Crippen molar-refractivity contribution < 1.29 is 28.6 Å². The second-order valence-electron chi connectivity index (χ2n) is 20.1. The normalized spacial score (nSPS) is 12.0. The van der Waals surface area contributed by atoms with Gasteiger partial charge in [0.05, 0.1) is 0 Å². The lowest BCUT2D eigenvalue weighted by molar-refractivity contribution is -0.167. The van der Waals surface area contributed by atoms with Crippen molar-refractivity contribution in [1.82, 2.24) is 0 Å². The topological polar surface area (TPSA) is 78.9 Å². The van der Waals surface area contributed by atoms with Crippen LogP contribution >= 0.6 is 0 Å². The molecule has 0 aromatic carbocycles. The van der Waals surface area contributed by atoms with Crippen molar-refractivity contribution in [3.05, 3.63) is 0 Å². The summed E-state index contributed by atoms with van der Waals surface area (Å²) in [4.78, 5) is 38.0. The van der Waals surface area contributed by atoms with Gasteiger partial charge in [-0.15, -0.1) is 0 Å². The number of carbonyl (C=O) groups excluding carboxylic acids is 3. The fourth-order valence-electron chi connectivity index (χ4n) is 8.75. The fourth-order valence-corrected chi connectivity index (χ4v) is 8.75. The highest BCUT2D eigenvalue weighted by atomic mass is 16.6. The van der Waals surface area contributed by atoms with Crippen LogP contribution in [0.5, 0.6) is 0 Å². The molecule has 0 fully saturated rings. The molecule has 6 heteroatoms. The van der Waals surface area contributed by atoms with Gasteiger partial charge in [-0.2, -0.15) is 0 Å². The molecule has 0 aliphatic heterocycles. The van der Waals surface area contributed by atoms with Crippen LogP contribution in [0.25, 0.3) is 0 Å². The maximum absolute atomic E-state index is 12.8. The van der Waals surface area contributed by atoms with Gasteiger partial charge >= 0.3 is 17.9 Å². The molecule has 0 aliphatic carbocycles. The SMILES string of the molecule is CCCCCCCCCCCCCCCCCCCCC(=O)OC[C@@H](COC(=O)CCCCCCCCCCCCCCCCCC(C)C)OC(=O)CCCCCCCCCCC. The monoisotopic (exact) mass is 891 g/mol. The van der Waals surface area contributed by atoms with Gasteiger partial charge in [0.25, 0.3) is 0 Å². The lowest BCUT2D eigenvalue weighted by atomic mass is 10.0. The van der Waals surface area contributed by atoms with Gasteiger partial charge in [-0.1, -0.05) is 285 Å². The maximum Gasteiger partial charge on any atom is 0.306 e. The molecule has 63 heavy (non-hydrogen) atoms. The van der Waals surface area contributed by atoms with Gasteiger partial charge in [0.1, 0.15) is 13.2 Å². The first-order valence-corrected chi connectivity index (χ1v) is 28.4. The molecule has 6 nitrogen and oxygen atoms in total. The smallest absolute Gasteiger partial charge is 0.306 e. The van der Waals surface area contributed by atoms with Crippen molar-refractivity contribution in [3.8, 4) is 0 Å². The van der Waals surface area contributed by atoms with Crippen LogP contribution < -0.4 is 0 Å². The average Bonchev–Trinajstić information content (AvgIpc) is 3.27. The minimum Gasteiger partial charge on any atom is -0.462 e. The van der Waals surface area contributed by atoms with E-state index in [0.29, 0.717) is 19.3 Å². The Balaban J connectivity index is 4.18. The van der Waals surface area contributed by atoms with E-state index in [9.17, 15) is 14.4 Å². The van der Waals surface area contributed by atoms with Gasteiger partial charge in [-0.25, -0.2) is 0 Å². The zero-order valence-corrected chi connectivity index (χ0v) is 43.0. The van der Waals surface area contributed by atoms with Crippen LogP contribution in [0, 0.1) is 5.92 Å². The average molecular weight is 892 g/mol. The zero-order valence-electron chi connectivity index (χ0n) is 43.0. The van der Waals surface area contributed by atoms with Crippen molar-refractivity contribution in [2.45, 2.75) is 329 Å². The Morgan fingerprint density at radius 2 is 0.524 bits per heavy atom. The van der Waals surface area contributed by atoms with E-state index < -0.39 is 6.10 Å². The minimum atomic E-state index is -0.760. The molecule has 0 spiro atoms. The Bertz CT molecular complexity index is 949. The minimum absolute atomic E-state index is 0.0623. The molecule has 0 bridgehead atoms. The summed E-state index contributed by atoms with van der Waals surface area (Å²) in [6.45, 7) is 9.04. The van der Waals surface area contributed by atoms with Crippen LogP contribution in [0.1, 0.15) is 323 Å². The van der Waals surface area contributed by atoms with E-state index in [1.165, 1.54) is 218 Å². The first-order valence-electron chi connectivity index (χ1n) is 28.4. The van der Waals surface area contributed by atoms with Gasteiger partial charge in [0.2, 0.25) is 0 Å². The Morgan fingerprint density at radius 3 is 0.778 bits per heavy atom. The van der Waals surface area contributed by atoms with E-state index in [1.54, 1.807) is 0 Å². The number of rotatable bonds is 52. The van der Waals surface area contributed by atoms with Crippen molar-refractivity contribution >= 4 is 17.9 Å². The quantitative estimate of drug-likeness (QED) is 0.0344. The predicted molar refractivity (Wildman–Crippen MR) is 270 cm³/mol. The molecule has 0 saturated heterocycles. The molecule has 0 unspecified atom stereocenters. The second kappa shape index (κ2) is 51.4. The Hall–Kier alpha value is -1.59. The molecule has 1 atom stereocenters. The summed E-state index contributed by atoms with van der Waals surface area (Å²) < 4.78 is 16.8. The molecule has 0 N–H and O–H groups in total. The summed E-state index contributed by atoms with van der Waals surface area (Å²) in [5, 5.41) is 0. The number of ether oxygens (including phenoxy) is 3. The zero-order chi connectivity index (χ0) is 45.9. The van der Waals surface area contributed by atoms with E-state index in [-0.39, 0.29) is 31.1 Å². The Labute approximate surface area is 393 Å². The standard InChI is InChI=1S/C57H110O6/c1-5-7-9-11-13-15-16-17-18-19-20-23-26-29-33-36-40-44-48-55(58)61-51-54(63-57(60)50-46-42-38-31-14-12-10-8-6-2)52-62-56(59)49-45-41-37-34-30-27-24-21-22-25-28-32-35-39-43-47-53(3)4/h53-54H,5-52H2,1-4H3/t54-/m0/s1. The Kier molecular flexibility index (Phi) is 50.1. The Morgan fingerprint density at radius 1 is 0.302 bits per heavy atom. The van der Waals surface area contributed by atoms with Crippen LogP contribution in [0.2, 0.25) is 0 Å². The third-order valence-electron chi connectivity index (χ3n) is 13.0. The summed E-state index contributed by atoms with van der Waals surface area (Å²) in [5.74, 6) is 0.00861. The number of unbranched alkanes of at least 4 members (excludes halogenated alkanes) is 39. The van der Waals surface area contributed by atoms with Crippen molar-refractivity contribution in [3.63, 3.8) is 0 Å². The van der Waals surface area contributed by atoms with Crippen molar-refractivity contribution in [2.75, 3.05) is 13.2 Å². The van der Waals surface area contributed by atoms with Crippen LogP contribution in [0.3, 0.4) is 0 Å². The largest absolute Gasteiger partial charge is 0.462 e. The predicted octanol–water partition coefficient (Wildman–Crippen LogP) is 18.6. The fraction of sp³-hybridized carbons (Fsp3) is 0.947. The summed E-state index contributed by atoms with van der Waals surface area (Å²) in [5.41, 5.74) is 0. The lowest BCUT2D eigenvalue weighted by Crippen LogP contribution is -2.30. The van der Waals surface area contributed by atoms with Gasteiger partial charge < -0.3 is 14.2 Å². The molecular formula is C57H110O6. The first kappa shape index (κ1) is 61.4. The third-order valence-corrected chi connectivity index (χ3v) is 13.0. The number of esters is 3. The van der Waals surface area contributed by atoms with Gasteiger partial charge in [-0.3, -0.25) is 14.4 Å². The van der Waals surface area contributed by atoms with Crippen LogP contribution in [-0.2, 0) is 28.6 Å². The van der Waals surface area contributed by atoms with Crippen LogP contribution in [0.15, 0.2) is 0 Å². The summed E-state index contributed by atoms with van der Waals surface area (Å²) in [7, 11) is 0. The van der Waals surface area contributed by atoms with Crippen LogP contribution in [-0.4, -0.2) is 37.2 Å². The molecule has 0 amide bonds. The highest BCUT2D eigenvalue weighted by Crippen LogP contribution is 2.18. The van der Waals surface area contributed by atoms with Gasteiger partial charge in [-0.05, 0) is 25.2 Å². The first-order chi connectivity index (χ1) is 30.9. The lowest BCUT2D eigenvalue weighted by Gasteiger charge is -2.18. The molecule has 0 aromatic heterocycles. The molecule has 0 aliphatic rings. The van der Waals surface area contributed by atoms with Gasteiger partial charge in [0.15, 0.2) is 6.10 Å². The second-order valence-corrected chi connectivity index (χ2v) is 20.1. The molecule has 0 radical (unpaired) electrons. The summed E-state index contributed by atoms with van der Waals surface area (Å²) in [6, 6.07) is 0. The number of hydrogen-bond acceptors (Lipinski definition) is 6. The molecule has 0 rings (SSSR count). The molecule has 0 saturated carbocycles. The van der Waals surface area contributed by atoms with Gasteiger partial charge in [0, 0.05) is 19.3 Å². The van der Waals surface area contributed by atoms with Crippen LogP contribution in [0.4, 0.5) is 0 Å². The highest BCUT2D eigenvalue weighted by molar-refractivity contribution is 5.71. The number of hydrogen-bond donors (Lipinski definition) is 0. The molecule has 374 valence electrons. The van der Waals surface area contributed by atoms with Crippen molar-refractivity contribution in [1.29, 1.82) is 0 Å². The number of carbonyl (C=O) groups is 3. The molecule has 0 heterocycles. The summed E-state index contributed by atoms with van der Waals surface area (Å²) >= 11 is 0. The summed E-state index contributed by atoms with van der Waals surface area (Å²) in [6.07, 6.45) is 55.3. The third kappa shape index (κ3) is 51.3. The highest BCUT2D eigenvalue weighted by Gasteiger charge is 2.19.